The van der Waals surface area contributed by atoms with Crippen LogP contribution in [0.1, 0.15) is 30.7 Å². The number of amides is 1. The van der Waals surface area contributed by atoms with Crippen LogP contribution in [0.2, 0.25) is 0 Å². The van der Waals surface area contributed by atoms with Crippen molar-refractivity contribution >= 4 is 17.6 Å². The van der Waals surface area contributed by atoms with Crippen molar-refractivity contribution in [3.05, 3.63) is 69.0 Å². The summed E-state index contributed by atoms with van der Waals surface area (Å²) < 4.78 is 12.2. The van der Waals surface area contributed by atoms with Gasteiger partial charge < -0.3 is 24.7 Å². The first kappa shape index (κ1) is 19.8. The molecule has 0 unspecified atom stereocenters. The van der Waals surface area contributed by atoms with Gasteiger partial charge in [-0.25, -0.2) is 4.79 Å². The molecule has 8 nitrogen and oxygen atoms in total. The van der Waals surface area contributed by atoms with Gasteiger partial charge in [0.05, 0.1) is 12.7 Å². The number of carbonyl (C=O) groups is 2. The highest BCUT2D eigenvalue weighted by atomic mass is 16.5. The molecule has 3 heterocycles. The van der Waals surface area contributed by atoms with E-state index in [1.54, 1.807) is 46.7 Å². The number of ether oxygens (including phenoxy) is 2. The number of aryl methyl sites for hydroxylation is 1. The van der Waals surface area contributed by atoms with Crippen LogP contribution in [-0.4, -0.2) is 30.1 Å². The molecule has 0 aliphatic carbocycles. The maximum absolute atomic E-state index is 14.0. The van der Waals surface area contributed by atoms with E-state index in [2.05, 4.69) is 0 Å². The van der Waals surface area contributed by atoms with E-state index >= 15 is 0 Å². The molecule has 30 heavy (non-hydrogen) atoms. The van der Waals surface area contributed by atoms with Crippen molar-refractivity contribution in [2.45, 2.75) is 32.7 Å². The van der Waals surface area contributed by atoms with Crippen molar-refractivity contribution in [3.63, 3.8) is 0 Å². The summed E-state index contributed by atoms with van der Waals surface area (Å²) in [4.78, 5) is 42.1. The smallest absolute Gasteiger partial charge is 0.340 e. The van der Waals surface area contributed by atoms with Gasteiger partial charge in [-0.15, -0.1) is 0 Å². The number of methoxy groups -OCH3 is 1. The Kier molecular flexibility index (Phi) is 4.45. The Bertz CT molecular complexity index is 1180. The van der Waals surface area contributed by atoms with Crippen LogP contribution in [0.3, 0.4) is 0 Å². The summed E-state index contributed by atoms with van der Waals surface area (Å²) in [5.74, 6) is -1.32. The lowest BCUT2D eigenvalue weighted by atomic mass is 9.68. The van der Waals surface area contributed by atoms with Gasteiger partial charge in [0.2, 0.25) is 11.8 Å². The zero-order valence-electron chi connectivity index (χ0n) is 17.3. The number of nitrogens with two attached hydrogens (primary N) is 1. The maximum atomic E-state index is 14.0. The third-order valence-electron chi connectivity index (χ3n) is 5.87. The number of esters is 1. The molecule has 4 rings (SSSR count). The number of fused-ring (bicyclic) bond motifs is 4. The zero-order valence-corrected chi connectivity index (χ0v) is 17.3. The number of hydrogen-bond acceptors (Lipinski definition) is 6. The van der Waals surface area contributed by atoms with Gasteiger partial charge in [-0.2, -0.15) is 0 Å². The molecule has 1 spiro atoms. The van der Waals surface area contributed by atoms with Crippen molar-refractivity contribution in [1.29, 1.82) is 0 Å². The highest BCUT2D eigenvalue weighted by Gasteiger charge is 2.62. The van der Waals surface area contributed by atoms with E-state index in [1.165, 1.54) is 7.11 Å². The molecule has 2 aromatic rings. The monoisotopic (exact) mass is 409 g/mol. The van der Waals surface area contributed by atoms with Gasteiger partial charge in [0.15, 0.2) is 0 Å². The molecule has 1 amide bonds. The summed E-state index contributed by atoms with van der Waals surface area (Å²) in [6.45, 7) is 6.20. The minimum absolute atomic E-state index is 0.0814. The number of pyridine rings is 1. The molecule has 1 aromatic carbocycles. The van der Waals surface area contributed by atoms with Crippen LogP contribution in [-0.2, 0) is 26.3 Å². The maximum Gasteiger partial charge on any atom is 0.340 e. The summed E-state index contributed by atoms with van der Waals surface area (Å²) in [5.41, 5.74) is 5.74. The second-order valence-electron chi connectivity index (χ2n) is 7.22. The first-order valence-electron chi connectivity index (χ1n) is 9.77. The Morgan fingerprint density at radius 2 is 1.90 bits per heavy atom. The standard InChI is InChI=1S/C22H23N3O5/c1-5-24-12(3)11-15-16(19(24)26)22(17(18(23)30-15)20(27)29-4)13-9-7-8-10-14(13)25(6-2)21(22)28/h7-11H,5-6,23H2,1-4H3/t22-/m1/s1. The first-order valence-corrected chi connectivity index (χ1v) is 9.77. The number of aromatic nitrogens is 1. The van der Waals surface area contributed by atoms with E-state index in [4.69, 9.17) is 15.2 Å². The summed E-state index contributed by atoms with van der Waals surface area (Å²) in [6.07, 6.45) is 0. The normalized spacial score (nSPS) is 19.6. The van der Waals surface area contributed by atoms with E-state index in [0.29, 0.717) is 30.0 Å². The number of rotatable bonds is 3. The van der Waals surface area contributed by atoms with Crippen LogP contribution in [0.25, 0.3) is 0 Å². The Balaban J connectivity index is 2.24. The van der Waals surface area contributed by atoms with E-state index in [0.717, 1.165) is 0 Å². The van der Waals surface area contributed by atoms with Gasteiger partial charge in [0, 0.05) is 36.1 Å². The highest BCUT2D eigenvalue weighted by molar-refractivity contribution is 6.18. The van der Waals surface area contributed by atoms with Gasteiger partial charge in [-0.1, -0.05) is 18.2 Å². The van der Waals surface area contributed by atoms with Crippen molar-refractivity contribution in [2.75, 3.05) is 18.6 Å². The summed E-state index contributed by atoms with van der Waals surface area (Å²) in [5, 5.41) is 0. The number of anilines is 1. The molecular weight excluding hydrogens is 386 g/mol. The minimum Gasteiger partial charge on any atom is -0.465 e. The quantitative estimate of drug-likeness (QED) is 0.772. The Hall–Kier alpha value is -3.55. The van der Waals surface area contributed by atoms with Crippen LogP contribution >= 0.6 is 0 Å². The number of nitrogens with zero attached hydrogens (tertiary/aromatic N) is 2. The van der Waals surface area contributed by atoms with E-state index in [9.17, 15) is 14.4 Å². The lowest BCUT2D eigenvalue weighted by molar-refractivity contribution is -0.138. The van der Waals surface area contributed by atoms with Crippen LogP contribution in [0, 0.1) is 6.92 Å². The lowest BCUT2D eigenvalue weighted by Crippen LogP contribution is -2.52. The molecule has 1 atom stereocenters. The number of hydrogen-bond donors (Lipinski definition) is 1. The van der Waals surface area contributed by atoms with Crippen LogP contribution in [0.4, 0.5) is 5.69 Å². The molecule has 0 radical (unpaired) electrons. The fourth-order valence-electron chi connectivity index (χ4n) is 4.64. The largest absolute Gasteiger partial charge is 0.465 e. The Morgan fingerprint density at radius 1 is 1.20 bits per heavy atom. The third-order valence-corrected chi connectivity index (χ3v) is 5.87. The molecule has 0 fully saturated rings. The Labute approximate surface area is 173 Å². The first-order chi connectivity index (χ1) is 14.3. The third kappa shape index (κ3) is 2.24. The summed E-state index contributed by atoms with van der Waals surface area (Å²) in [7, 11) is 1.20. The second kappa shape index (κ2) is 6.76. The molecule has 2 aliphatic rings. The van der Waals surface area contributed by atoms with Gasteiger partial charge >= 0.3 is 5.97 Å². The van der Waals surface area contributed by atoms with E-state index in [1.807, 2.05) is 13.8 Å². The number of likely N-dealkylation sites (N-methyl/N-ethyl adjacent to an activating group) is 1. The molecule has 2 aliphatic heterocycles. The SMILES string of the molecule is CCN1C(=O)[C@]2(C(C(=O)OC)=C(N)Oc3cc(C)n(CC)c(=O)c32)c2ccccc21. The van der Waals surface area contributed by atoms with E-state index < -0.39 is 22.9 Å². The van der Waals surface area contributed by atoms with Gasteiger partial charge in [-0.05, 0) is 26.8 Å². The molecule has 156 valence electrons. The van der Waals surface area contributed by atoms with Crippen LogP contribution in [0.5, 0.6) is 5.75 Å². The predicted octanol–water partition coefficient (Wildman–Crippen LogP) is 1.56. The van der Waals surface area contributed by atoms with Crippen molar-refractivity contribution < 1.29 is 19.1 Å². The van der Waals surface area contributed by atoms with Crippen LogP contribution in [0.15, 0.2) is 46.6 Å². The van der Waals surface area contributed by atoms with Crippen molar-refractivity contribution in [2.24, 2.45) is 5.73 Å². The Morgan fingerprint density at radius 3 is 2.53 bits per heavy atom. The minimum atomic E-state index is -1.74. The molecule has 8 heteroatoms. The second-order valence-corrected chi connectivity index (χ2v) is 7.22. The fraction of sp³-hybridized carbons (Fsp3) is 0.318. The van der Waals surface area contributed by atoms with Gasteiger partial charge in [0.25, 0.3) is 5.56 Å². The summed E-state index contributed by atoms with van der Waals surface area (Å²) in [6, 6.07) is 8.77. The predicted molar refractivity (Wildman–Crippen MR) is 110 cm³/mol. The fourth-order valence-corrected chi connectivity index (χ4v) is 4.64. The zero-order chi connectivity index (χ0) is 21.8. The molecule has 2 N–H and O–H groups in total. The van der Waals surface area contributed by atoms with Gasteiger partial charge in [0.1, 0.15) is 16.7 Å². The lowest BCUT2D eigenvalue weighted by Gasteiger charge is -2.35. The highest BCUT2D eigenvalue weighted by Crippen LogP contribution is 2.54. The molecule has 0 saturated heterocycles. The number of benzene rings is 1. The van der Waals surface area contributed by atoms with Crippen molar-refractivity contribution in [3.8, 4) is 5.75 Å². The molecule has 0 bridgehead atoms. The van der Waals surface area contributed by atoms with E-state index in [-0.39, 0.29) is 22.8 Å². The number of para-hydroxylation sites is 1. The average Bonchev–Trinajstić information content (AvgIpc) is 2.96. The molecule has 0 saturated carbocycles. The van der Waals surface area contributed by atoms with Crippen LogP contribution < -0.4 is 20.9 Å². The van der Waals surface area contributed by atoms with Crippen molar-refractivity contribution in [1.82, 2.24) is 4.57 Å². The average molecular weight is 409 g/mol. The number of carbonyl (C=O) groups excluding carboxylic acids is 2. The summed E-state index contributed by atoms with van der Waals surface area (Å²) >= 11 is 0. The van der Waals surface area contributed by atoms with Gasteiger partial charge in [-0.3, -0.25) is 9.59 Å². The molecular formula is C22H23N3O5. The molecule has 1 aromatic heterocycles. The topological polar surface area (TPSA) is 104 Å².